The van der Waals surface area contributed by atoms with Crippen molar-refractivity contribution in [3.05, 3.63) is 93.2 Å². The second kappa shape index (κ2) is 10.3. The third-order valence-electron chi connectivity index (χ3n) is 6.52. The van der Waals surface area contributed by atoms with E-state index in [9.17, 15) is 14.0 Å². The molecule has 0 radical (unpaired) electrons. The average molecular weight is 517 g/mol. The largest absolute Gasteiger partial charge is 0.490 e. The second-order valence-corrected chi connectivity index (χ2v) is 9.75. The van der Waals surface area contributed by atoms with Crippen LogP contribution in [0.3, 0.4) is 0 Å². The highest BCUT2D eigenvalue weighted by molar-refractivity contribution is 6.10. The number of hydrogen-bond donors (Lipinski definition) is 0. The van der Waals surface area contributed by atoms with E-state index in [1.165, 1.54) is 17.0 Å². The summed E-state index contributed by atoms with van der Waals surface area (Å²) in [7, 11) is 0. The lowest BCUT2D eigenvalue weighted by molar-refractivity contribution is 0.0970. The number of fused-ring (bicyclic) bond motifs is 2. The van der Waals surface area contributed by atoms with E-state index in [0.29, 0.717) is 42.0 Å². The van der Waals surface area contributed by atoms with Crippen LogP contribution in [-0.4, -0.2) is 24.1 Å². The fourth-order valence-electron chi connectivity index (χ4n) is 4.64. The minimum Gasteiger partial charge on any atom is -0.490 e. The molecule has 0 saturated heterocycles. The smallest absolute Gasteiger partial charge is 0.296 e. The van der Waals surface area contributed by atoms with Crippen molar-refractivity contribution < 1.29 is 23.1 Å². The molecule has 1 aliphatic heterocycles. The summed E-state index contributed by atoms with van der Waals surface area (Å²) in [5.41, 5.74) is 1.32. The Morgan fingerprint density at radius 1 is 1.05 bits per heavy atom. The maximum Gasteiger partial charge on any atom is 0.296 e. The maximum atomic E-state index is 14.1. The van der Waals surface area contributed by atoms with Crippen molar-refractivity contribution in [2.75, 3.05) is 18.1 Å². The van der Waals surface area contributed by atoms with Gasteiger partial charge in [0.15, 0.2) is 16.9 Å². The molecule has 0 aliphatic carbocycles. The predicted octanol–water partition coefficient (Wildman–Crippen LogP) is 6.21. The van der Waals surface area contributed by atoms with Crippen molar-refractivity contribution >= 4 is 22.7 Å². The lowest BCUT2D eigenvalue weighted by Gasteiger charge is -2.25. The summed E-state index contributed by atoms with van der Waals surface area (Å²) in [6.07, 6.45) is 2.49. The van der Waals surface area contributed by atoms with Gasteiger partial charge in [0.1, 0.15) is 17.2 Å². The van der Waals surface area contributed by atoms with E-state index in [0.717, 1.165) is 18.1 Å². The number of pyridine rings is 1. The number of carbonyl (C=O) groups is 1. The Bertz CT molecular complexity index is 1580. The number of amides is 1. The minimum atomic E-state index is -0.861. The summed E-state index contributed by atoms with van der Waals surface area (Å²) >= 11 is 0. The zero-order chi connectivity index (χ0) is 27.0. The van der Waals surface area contributed by atoms with Crippen molar-refractivity contribution in [1.29, 1.82) is 0 Å². The van der Waals surface area contributed by atoms with Gasteiger partial charge in [-0.2, -0.15) is 0 Å². The molecule has 1 amide bonds. The number of rotatable bonds is 8. The topological polar surface area (TPSA) is 81.9 Å². The van der Waals surface area contributed by atoms with Crippen molar-refractivity contribution in [2.24, 2.45) is 5.92 Å². The van der Waals surface area contributed by atoms with E-state index in [1.807, 2.05) is 19.9 Å². The number of aryl methyl sites for hydroxylation is 1. The number of ether oxygens (including phenoxy) is 2. The van der Waals surface area contributed by atoms with E-state index in [4.69, 9.17) is 13.9 Å². The van der Waals surface area contributed by atoms with Crippen LogP contribution in [0.4, 0.5) is 10.2 Å². The van der Waals surface area contributed by atoms with E-state index in [2.05, 4.69) is 18.8 Å². The molecule has 1 aliphatic rings. The third kappa shape index (κ3) is 4.62. The zero-order valence-corrected chi connectivity index (χ0v) is 21.8. The molecule has 0 fully saturated rings. The normalized spacial score (nSPS) is 14.8. The Kier molecular flexibility index (Phi) is 6.89. The Balaban J connectivity index is 1.70. The second-order valence-electron chi connectivity index (χ2n) is 9.75. The molecule has 4 aromatic rings. The number of halogens is 1. The fourth-order valence-corrected chi connectivity index (χ4v) is 4.64. The van der Waals surface area contributed by atoms with Crippen LogP contribution in [0.25, 0.3) is 11.0 Å². The summed E-state index contributed by atoms with van der Waals surface area (Å²) in [6, 6.07) is 11.8. The van der Waals surface area contributed by atoms with Gasteiger partial charge in [-0.1, -0.05) is 19.9 Å². The third-order valence-corrected chi connectivity index (χ3v) is 6.52. The molecular formula is C30H29FN2O5. The van der Waals surface area contributed by atoms with Crippen LogP contribution in [0.1, 0.15) is 60.5 Å². The molecule has 1 unspecified atom stereocenters. The number of carbonyl (C=O) groups excluding carboxylic acids is 1. The van der Waals surface area contributed by atoms with Crippen molar-refractivity contribution in [1.82, 2.24) is 4.98 Å². The number of nitrogens with zero attached hydrogens (tertiary/aromatic N) is 2. The molecule has 7 nitrogen and oxygen atoms in total. The molecule has 1 atom stereocenters. The van der Waals surface area contributed by atoms with Gasteiger partial charge in [0.25, 0.3) is 5.91 Å². The van der Waals surface area contributed by atoms with E-state index in [-0.39, 0.29) is 22.3 Å². The van der Waals surface area contributed by atoms with Gasteiger partial charge < -0.3 is 13.9 Å². The average Bonchev–Trinajstić information content (AvgIpc) is 3.18. The molecular weight excluding hydrogens is 487 g/mol. The molecule has 8 heteroatoms. The van der Waals surface area contributed by atoms with Gasteiger partial charge in [-0.15, -0.1) is 0 Å². The van der Waals surface area contributed by atoms with Gasteiger partial charge in [0.05, 0.1) is 30.2 Å². The van der Waals surface area contributed by atoms with Gasteiger partial charge >= 0.3 is 0 Å². The highest BCUT2D eigenvalue weighted by Crippen LogP contribution is 2.43. The van der Waals surface area contributed by atoms with Crippen LogP contribution < -0.4 is 19.8 Å². The van der Waals surface area contributed by atoms with Crippen molar-refractivity contribution in [3.63, 3.8) is 0 Å². The standard InChI is InChI=1S/C30H29FN2O5/c1-5-36-24-15-19(6-8-23(24)37-13-11-17(2)3)27-26-28(34)21-16-20(31)7-9-22(21)38-29(26)30(35)33(27)25-14-18(4)10-12-32-25/h6-10,12,14-17,27H,5,11,13H2,1-4H3. The first-order valence-electron chi connectivity index (χ1n) is 12.7. The highest BCUT2D eigenvalue weighted by Gasteiger charge is 2.44. The zero-order valence-electron chi connectivity index (χ0n) is 21.8. The first-order chi connectivity index (χ1) is 18.3. The van der Waals surface area contributed by atoms with Crippen LogP contribution in [0.15, 0.2) is 63.9 Å². The Morgan fingerprint density at radius 3 is 2.61 bits per heavy atom. The van der Waals surface area contributed by atoms with Crippen LogP contribution in [0.2, 0.25) is 0 Å². The first kappa shape index (κ1) is 25.4. The molecule has 196 valence electrons. The summed E-state index contributed by atoms with van der Waals surface area (Å²) < 4.78 is 31.9. The predicted molar refractivity (Wildman–Crippen MR) is 143 cm³/mol. The van der Waals surface area contributed by atoms with Crippen LogP contribution >= 0.6 is 0 Å². The summed E-state index contributed by atoms with van der Waals surface area (Å²) in [4.78, 5) is 33.4. The molecule has 0 bridgehead atoms. The maximum absolute atomic E-state index is 14.1. The number of benzene rings is 2. The lowest BCUT2D eigenvalue weighted by Crippen LogP contribution is -2.30. The molecule has 0 saturated carbocycles. The van der Waals surface area contributed by atoms with Crippen molar-refractivity contribution in [3.8, 4) is 11.5 Å². The van der Waals surface area contributed by atoms with Gasteiger partial charge in [0.2, 0.25) is 5.76 Å². The van der Waals surface area contributed by atoms with Gasteiger partial charge in [-0.3, -0.25) is 14.5 Å². The molecule has 2 aromatic carbocycles. The summed E-state index contributed by atoms with van der Waals surface area (Å²) in [5.74, 6) is 0.789. The molecule has 0 spiro atoms. The fraction of sp³-hybridized carbons (Fsp3) is 0.300. The lowest BCUT2D eigenvalue weighted by atomic mass is 9.98. The highest BCUT2D eigenvalue weighted by atomic mass is 19.1. The minimum absolute atomic E-state index is 0.0688. The van der Waals surface area contributed by atoms with Crippen LogP contribution in [0, 0.1) is 18.7 Å². The van der Waals surface area contributed by atoms with Gasteiger partial charge in [-0.25, -0.2) is 9.37 Å². The van der Waals surface area contributed by atoms with Crippen LogP contribution in [0.5, 0.6) is 11.5 Å². The summed E-state index contributed by atoms with van der Waals surface area (Å²) in [6.45, 7) is 8.95. The first-order valence-corrected chi connectivity index (χ1v) is 12.7. The molecule has 5 rings (SSSR count). The molecule has 0 N–H and O–H groups in total. The van der Waals surface area contributed by atoms with Gasteiger partial charge in [-0.05, 0) is 79.8 Å². The van der Waals surface area contributed by atoms with E-state index < -0.39 is 23.2 Å². The van der Waals surface area contributed by atoms with Gasteiger partial charge in [0, 0.05) is 6.20 Å². The SMILES string of the molecule is CCOc1cc(C2c3c(oc4ccc(F)cc4c3=O)C(=O)N2c2cc(C)ccn2)ccc1OCCC(C)C. The van der Waals surface area contributed by atoms with E-state index in [1.54, 1.807) is 30.5 Å². The Morgan fingerprint density at radius 2 is 1.87 bits per heavy atom. The monoisotopic (exact) mass is 516 g/mol. The number of hydrogen-bond acceptors (Lipinski definition) is 6. The Hall–Kier alpha value is -4.20. The quantitative estimate of drug-likeness (QED) is 0.277. The van der Waals surface area contributed by atoms with Crippen molar-refractivity contribution in [2.45, 2.75) is 40.2 Å². The molecule has 38 heavy (non-hydrogen) atoms. The molecule has 2 aromatic heterocycles. The Labute approximate surface area is 219 Å². The van der Waals surface area contributed by atoms with Crippen LogP contribution in [-0.2, 0) is 0 Å². The summed E-state index contributed by atoms with van der Waals surface area (Å²) in [5, 5.41) is 0.0688. The molecule has 3 heterocycles. The number of aromatic nitrogens is 1. The van der Waals surface area contributed by atoms with E-state index >= 15 is 0 Å². The number of anilines is 1.